The van der Waals surface area contributed by atoms with E-state index in [1.165, 1.54) is 0 Å². The molecule has 0 unspecified atom stereocenters. The number of thiocarbonyl (C=S) groups is 1. The molecule has 0 saturated heterocycles. The van der Waals surface area contributed by atoms with Gasteiger partial charge in [-0.2, -0.15) is 0 Å². The number of benzene rings is 1. The van der Waals surface area contributed by atoms with Gasteiger partial charge in [-0.15, -0.1) is 0 Å². The molecular weight excluding hydrogens is 404 g/mol. The Balaban J connectivity index is 1.57. The number of nitrogens with zero attached hydrogens (tertiary/aromatic N) is 3. The number of ether oxygens (including phenoxy) is 3. The first-order chi connectivity index (χ1) is 14.6. The Morgan fingerprint density at radius 2 is 1.70 bits per heavy atom. The fraction of sp³-hybridized carbons (Fsp3) is 0.300. The van der Waals surface area contributed by atoms with Gasteiger partial charge >= 0.3 is 0 Å². The third-order valence-corrected chi connectivity index (χ3v) is 4.72. The molecule has 1 aliphatic rings. The highest BCUT2D eigenvalue weighted by atomic mass is 32.1. The lowest BCUT2D eigenvalue weighted by atomic mass is 10.2. The van der Waals surface area contributed by atoms with Crippen molar-refractivity contribution in [3.05, 3.63) is 30.5 Å². The summed E-state index contributed by atoms with van der Waals surface area (Å²) in [5.74, 6) is 2.73. The summed E-state index contributed by atoms with van der Waals surface area (Å²) in [4.78, 5) is 13.5. The van der Waals surface area contributed by atoms with E-state index in [1.54, 1.807) is 39.7 Å². The van der Waals surface area contributed by atoms with Crippen LogP contribution in [0.2, 0.25) is 0 Å². The summed E-state index contributed by atoms with van der Waals surface area (Å²) in [5, 5.41) is 10.1. The van der Waals surface area contributed by atoms with Crippen LogP contribution in [-0.2, 0) is 0 Å². The summed E-state index contributed by atoms with van der Waals surface area (Å²) < 4.78 is 16.1. The van der Waals surface area contributed by atoms with Gasteiger partial charge in [0.15, 0.2) is 28.1 Å². The maximum atomic E-state index is 5.39. The second-order valence-corrected chi connectivity index (χ2v) is 7.11. The lowest BCUT2D eigenvalue weighted by molar-refractivity contribution is 0.324. The summed E-state index contributed by atoms with van der Waals surface area (Å²) in [6, 6.07) is 7.73. The average molecular weight is 427 g/mol. The predicted octanol–water partition coefficient (Wildman–Crippen LogP) is 3.24. The molecule has 3 N–H and O–H groups in total. The molecule has 0 aliphatic heterocycles. The van der Waals surface area contributed by atoms with Gasteiger partial charge in [0.25, 0.3) is 0 Å². The molecule has 10 heteroatoms. The molecule has 0 bridgehead atoms. The smallest absolute Gasteiger partial charge is 0.203 e. The molecule has 156 valence electrons. The molecular formula is C20H22N6O3S. The molecule has 2 heterocycles. The molecule has 1 fully saturated rings. The van der Waals surface area contributed by atoms with Gasteiger partial charge in [0.05, 0.1) is 27.5 Å². The van der Waals surface area contributed by atoms with Crippen molar-refractivity contribution in [2.45, 2.75) is 18.9 Å². The van der Waals surface area contributed by atoms with E-state index < -0.39 is 0 Å². The zero-order valence-corrected chi connectivity index (χ0v) is 17.7. The molecule has 0 radical (unpaired) electrons. The molecule has 4 rings (SSSR count). The van der Waals surface area contributed by atoms with Gasteiger partial charge in [-0.1, -0.05) is 0 Å². The second kappa shape index (κ2) is 8.54. The normalized spacial score (nSPS) is 12.9. The van der Waals surface area contributed by atoms with Crippen molar-refractivity contribution >= 4 is 45.8 Å². The van der Waals surface area contributed by atoms with Crippen LogP contribution in [0.3, 0.4) is 0 Å². The Morgan fingerprint density at radius 3 is 2.33 bits per heavy atom. The second-order valence-electron chi connectivity index (χ2n) is 6.71. The fourth-order valence-corrected chi connectivity index (χ4v) is 3.17. The van der Waals surface area contributed by atoms with Gasteiger partial charge in [0, 0.05) is 23.9 Å². The Hall–Kier alpha value is -3.40. The Labute approximate surface area is 179 Å². The van der Waals surface area contributed by atoms with E-state index in [4.69, 9.17) is 26.4 Å². The van der Waals surface area contributed by atoms with Gasteiger partial charge in [-0.05, 0) is 37.2 Å². The Morgan fingerprint density at radius 1 is 1.00 bits per heavy atom. The average Bonchev–Trinajstić information content (AvgIpc) is 3.56. The van der Waals surface area contributed by atoms with E-state index in [0.717, 1.165) is 12.8 Å². The van der Waals surface area contributed by atoms with Gasteiger partial charge in [0.1, 0.15) is 11.3 Å². The van der Waals surface area contributed by atoms with Crippen LogP contribution in [0.15, 0.2) is 30.5 Å². The molecule has 2 aromatic heterocycles. The van der Waals surface area contributed by atoms with Crippen LogP contribution in [-0.4, -0.2) is 47.4 Å². The summed E-state index contributed by atoms with van der Waals surface area (Å²) in [5.41, 5.74) is 1.88. The maximum absolute atomic E-state index is 5.39. The summed E-state index contributed by atoms with van der Waals surface area (Å²) in [6.45, 7) is 0. The van der Waals surface area contributed by atoms with Gasteiger partial charge < -0.3 is 30.2 Å². The van der Waals surface area contributed by atoms with Crippen molar-refractivity contribution in [2.24, 2.45) is 0 Å². The first-order valence-electron chi connectivity index (χ1n) is 9.38. The van der Waals surface area contributed by atoms with E-state index >= 15 is 0 Å². The molecule has 9 nitrogen and oxygen atoms in total. The van der Waals surface area contributed by atoms with Crippen LogP contribution in [0.4, 0.5) is 17.3 Å². The number of hydrogen-bond acceptors (Lipinski definition) is 8. The number of anilines is 3. The third kappa shape index (κ3) is 4.43. The van der Waals surface area contributed by atoms with Gasteiger partial charge in [-0.25, -0.2) is 15.0 Å². The zero-order valence-electron chi connectivity index (χ0n) is 16.9. The molecule has 1 aromatic carbocycles. The predicted molar refractivity (Wildman–Crippen MR) is 119 cm³/mol. The SMILES string of the molecule is COc1cc(Nc2cnc3ccc(NC(=S)NC4CC4)nc3n2)cc(OC)c1OC. The third-order valence-electron chi connectivity index (χ3n) is 4.50. The highest BCUT2D eigenvalue weighted by Gasteiger charge is 2.21. The first kappa shape index (κ1) is 19.9. The van der Waals surface area contributed by atoms with Crippen molar-refractivity contribution in [3.63, 3.8) is 0 Å². The van der Waals surface area contributed by atoms with Crippen LogP contribution in [0, 0.1) is 0 Å². The van der Waals surface area contributed by atoms with Crippen molar-refractivity contribution in [2.75, 3.05) is 32.0 Å². The van der Waals surface area contributed by atoms with E-state index in [0.29, 0.717) is 56.9 Å². The minimum absolute atomic E-state index is 0.472. The topological polar surface area (TPSA) is 102 Å². The number of fused-ring (bicyclic) bond motifs is 1. The molecule has 0 spiro atoms. The molecule has 3 aromatic rings. The monoisotopic (exact) mass is 426 g/mol. The first-order valence-corrected chi connectivity index (χ1v) is 9.78. The summed E-state index contributed by atoms with van der Waals surface area (Å²) in [6.07, 6.45) is 3.93. The molecule has 1 saturated carbocycles. The zero-order chi connectivity index (χ0) is 21.1. The van der Waals surface area contributed by atoms with E-state index in [9.17, 15) is 0 Å². The number of hydrogen-bond donors (Lipinski definition) is 3. The van der Waals surface area contributed by atoms with Crippen LogP contribution >= 0.6 is 12.2 Å². The number of aromatic nitrogens is 3. The molecule has 0 amide bonds. The van der Waals surface area contributed by atoms with E-state index in [-0.39, 0.29) is 0 Å². The standard InChI is InChI=1S/C20H22N6O3S/c1-27-14-8-12(9-15(28-2)18(14)29-3)22-17-10-21-13-6-7-16(24-19(13)25-17)26-20(30)23-11-4-5-11/h6-11H,4-5H2,1-3H3,(H3,22,23,24,25,26,30). The van der Waals surface area contributed by atoms with Crippen molar-refractivity contribution in [1.82, 2.24) is 20.3 Å². The van der Waals surface area contributed by atoms with Crippen LogP contribution in [0.5, 0.6) is 17.2 Å². The van der Waals surface area contributed by atoms with Gasteiger partial charge in [-0.3, -0.25) is 0 Å². The minimum atomic E-state index is 0.472. The van der Waals surface area contributed by atoms with Crippen LogP contribution in [0.25, 0.3) is 11.2 Å². The maximum Gasteiger partial charge on any atom is 0.203 e. The largest absolute Gasteiger partial charge is 0.493 e. The highest BCUT2D eigenvalue weighted by Crippen LogP contribution is 2.40. The number of methoxy groups -OCH3 is 3. The lowest BCUT2D eigenvalue weighted by Gasteiger charge is -2.15. The quantitative estimate of drug-likeness (QED) is 0.488. The van der Waals surface area contributed by atoms with Crippen molar-refractivity contribution < 1.29 is 14.2 Å². The molecule has 1 aliphatic carbocycles. The number of pyridine rings is 1. The van der Waals surface area contributed by atoms with Crippen LogP contribution in [0.1, 0.15) is 12.8 Å². The lowest BCUT2D eigenvalue weighted by Crippen LogP contribution is -2.30. The summed E-state index contributed by atoms with van der Waals surface area (Å²) >= 11 is 5.31. The fourth-order valence-electron chi connectivity index (χ4n) is 2.89. The highest BCUT2D eigenvalue weighted by molar-refractivity contribution is 7.80. The van der Waals surface area contributed by atoms with Gasteiger partial charge in [0.2, 0.25) is 5.75 Å². The van der Waals surface area contributed by atoms with Crippen LogP contribution < -0.4 is 30.2 Å². The molecule has 0 atom stereocenters. The molecule has 30 heavy (non-hydrogen) atoms. The Bertz CT molecular complexity index is 1060. The number of nitrogens with one attached hydrogen (secondary N) is 3. The van der Waals surface area contributed by atoms with E-state index in [2.05, 4.69) is 30.9 Å². The van der Waals surface area contributed by atoms with E-state index in [1.807, 2.05) is 12.1 Å². The number of rotatable bonds is 7. The Kier molecular flexibility index (Phi) is 5.66. The van der Waals surface area contributed by atoms with Crippen molar-refractivity contribution in [1.29, 1.82) is 0 Å². The summed E-state index contributed by atoms with van der Waals surface area (Å²) in [7, 11) is 4.70. The minimum Gasteiger partial charge on any atom is -0.493 e. The van der Waals surface area contributed by atoms with Crippen molar-refractivity contribution in [3.8, 4) is 17.2 Å².